The first kappa shape index (κ1) is 16.1. The van der Waals surface area contributed by atoms with E-state index in [-0.39, 0.29) is 18.4 Å². The van der Waals surface area contributed by atoms with Crippen LogP contribution in [0.3, 0.4) is 0 Å². The Labute approximate surface area is 130 Å². The molecule has 0 aromatic carbocycles. The van der Waals surface area contributed by atoms with Crippen molar-refractivity contribution >= 4 is 12.4 Å². The Balaban J connectivity index is 0.00000161. The van der Waals surface area contributed by atoms with Crippen molar-refractivity contribution in [3.63, 3.8) is 0 Å². The maximum atomic E-state index is 6.02. The van der Waals surface area contributed by atoms with Gasteiger partial charge >= 0.3 is 0 Å². The molecule has 1 aliphatic heterocycles. The number of furan rings is 1. The summed E-state index contributed by atoms with van der Waals surface area (Å²) in [5.74, 6) is 1.99. The summed E-state index contributed by atoms with van der Waals surface area (Å²) in [5.41, 5.74) is 6.96. The maximum absolute atomic E-state index is 6.02. The third kappa shape index (κ3) is 3.87. The van der Waals surface area contributed by atoms with E-state index in [0.717, 1.165) is 31.1 Å². The number of nitrogens with two attached hydrogens (primary N) is 1. The van der Waals surface area contributed by atoms with Gasteiger partial charge in [-0.25, -0.2) is 0 Å². The van der Waals surface area contributed by atoms with Crippen LogP contribution in [-0.4, -0.2) is 29.2 Å². The number of aromatic nitrogens is 1. The van der Waals surface area contributed by atoms with Gasteiger partial charge in [0, 0.05) is 25.2 Å². The van der Waals surface area contributed by atoms with Gasteiger partial charge in [0.25, 0.3) is 0 Å². The number of halogens is 1. The molecule has 116 valence electrons. The van der Waals surface area contributed by atoms with E-state index in [1.165, 1.54) is 12.8 Å². The fraction of sp³-hybridized carbons (Fsp3) is 0.533. The Hall–Kier alpha value is -1.30. The molecular weight excluding hydrogens is 290 g/mol. The Morgan fingerprint density at radius 3 is 3.05 bits per heavy atom. The highest BCUT2D eigenvalue weighted by molar-refractivity contribution is 5.85. The molecule has 1 saturated heterocycles. The lowest BCUT2D eigenvalue weighted by Crippen LogP contribution is -2.41. The van der Waals surface area contributed by atoms with E-state index >= 15 is 0 Å². The van der Waals surface area contributed by atoms with Crippen LogP contribution in [0.15, 0.2) is 33.4 Å². The molecule has 2 atom stereocenters. The molecule has 5 nitrogen and oxygen atoms in total. The summed E-state index contributed by atoms with van der Waals surface area (Å²) in [4.78, 5) is 2.40. The zero-order chi connectivity index (χ0) is 13.9. The zero-order valence-corrected chi connectivity index (χ0v) is 13.0. The van der Waals surface area contributed by atoms with Crippen LogP contribution in [0.4, 0.5) is 0 Å². The minimum atomic E-state index is 0. The first-order chi connectivity index (χ1) is 9.72. The van der Waals surface area contributed by atoms with Gasteiger partial charge in [-0.1, -0.05) is 5.16 Å². The van der Waals surface area contributed by atoms with Crippen LogP contribution in [0.1, 0.15) is 25.5 Å². The Morgan fingerprint density at radius 1 is 1.48 bits per heavy atom. The van der Waals surface area contributed by atoms with Crippen molar-refractivity contribution in [3.8, 4) is 11.5 Å². The maximum Gasteiger partial charge on any atom is 0.202 e. The highest BCUT2D eigenvalue weighted by Crippen LogP contribution is 2.23. The molecule has 2 unspecified atom stereocenters. The lowest BCUT2D eigenvalue weighted by atomic mass is 9.92. The normalized spacial score (nSPS) is 21.0. The SMILES string of the molecule is CC(N)C1CCCN(Cc2cc(-c3ccco3)on2)C1.Cl. The fourth-order valence-electron chi connectivity index (χ4n) is 2.81. The van der Waals surface area contributed by atoms with Gasteiger partial charge in [-0.2, -0.15) is 0 Å². The molecule has 6 heteroatoms. The van der Waals surface area contributed by atoms with Gasteiger partial charge in [-0.15, -0.1) is 12.4 Å². The highest BCUT2D eigenvalue weighted by Gasteiger charge is 2.23. The topological polar surface area (TPSA) is 68.4 Å². The minimum absolute atomic E-state index is 0. The molecule has 0 spiro atoms. The highest BCUT2D eigenvalue weighted by atomic mass is 35.5. The van der Waals surface area contributed by atoms with Crippen molar-refractivity contribution in [2.75, 3.05) is 13.1 Å². The van der Waals surface area contributed by atoms with E-state index in [1.807, 2.05) is 18.2 Å². The molecule has 0 amide bonds. The second kappa shape index (κ2) is 7.11. The fourth-order valence-corrected chi connectivity index (χ4v) is 2.81. The molecule has 3 heterocycles. The van der Waals surface area contributed by atoms with Gasteiger partial charge in [0.15, 0.2) is 5.76 Å². The van der Waals surface area contributed by atoms with E-state index in [2.05, 4.69) is 17.0 Å². The van der Waals surface area contributed by atoms with Crippen molar-refractivity contribution in [1.82, 2.24) is 10.1 Å². The number of nitrogens with zero attached hydrogens (tertiary/aromatic N) is 2. The molecule has 3 rings (SSSR count). The van der Waals surface area contributed by atoms with E-state index in [4.69, 9.17) is 14.7 Å². The van der Waals surface area contributed by atoms with Crippen LogP contribution in [0.2, 0.25) is 0 Å². The second-order valence-corrected chi connectivity index (χ2v) is 5.66. The number of rotatable bonds is 4. The van der Waals surface area contributed by atoms with E-state index in [9.17, 15) is 0 Å². The van der Waals surface area contributed by atoms with Crippen LogP contribution in [0, 0.1) is 5.92 Å². The molecular formula is C15H22ClN3O2. The third-order valence-corrected chi connectivity index (χ3v) is 3.99. The molecule has 21 heavy (non-hydrogen) atoms. The average molecular weight is 312 g/mol. The molecule has 0 aliphatic carbocycles. The Bertz CT molecular complexity index is 539. The predicted molar refractivity (Wildman–Crippen MR) is 83.1 cm³/mol. The van der Waals surface area contributed by atoms with Gasteiger partial charge in [-0.3, -0.25) is 4.90 Å². The van der Waals surface area contributed by atoms with Gasteiger partial charge in [-0.05, 0) is 44.4 Å². The smallest absolute Gasteiger partial charge is 0.202 e. The summed E-state index contributed by atoms with van der Waals surface area (Å²) in [7, 11) is 0. The molecule has 2 N–H and O–H groups in total. The van der Waals surface area contributed by atoms with Crippen LogP contribution < -0.4 is 5.73 Å². The molecule has 0 bridgehead atoms. The monoisotopic (exact) mass is 311 g/mol. The van der Waals surface area contributed by atoms with Crippen molar-refractivity contribution in [2.45, 2.75) is 32.4 Å². The van der Waals surface area contributed by atoms with Crippen LogP contribution in [-0.2, 0) is 6.54 Å². The third-order valence-electron chi connectivity index (χ3n) is 3.99. The predicted octanol–water partition coefficient (Wildman–Crippen LogP) is 2.92. The number of hydrogen-bond donors (Lipinski definition) is 1. The number of hydrogen-bond acceptors (Lipinski definition) is 5. The molecule has 1 aliphatic rings. The van der Waals surface area contributed by atoms with E-state index < -0.39 is 0 Å². The number of piperidine rings is 1. The average Bonchev–Trinajstić information content (AvgIpc) is 3.09. The largest absolute Gasteiger partial charge is 0.461 e. The zero-order valence-electron chi connectivity index (χ0n) is 12.2. The second-order valence-electron chi connectivity index (χ2n) is 5.66. The molecule has 0 radical (unpaired) electrons. The van der Waals surface area contributed by atoms with Crippen LogP contribution in [0.5, 0.6) is 0 Å². The van der Waals surface area contributed by atoms with Gasteiger partial charge in [0.2, 0.25) is 5.76 Å². The molecule has 0 saturated carbocycles. The minimum Gasteiger partial charge on any atom is -0.461 e. The first-order valence-corrected chi connectivity index (χ1v) is 7.20. The van der Waals surface area contributed by atoms with E-state index in [1.54, 1.807) is 6.26 Å². The van der Waals surface area contributed by atoms with Gasteiger partial charge in [0.1, 0.15) is 0 Å². The standard InChI is InChI=1S/C15H21N3O2.ClH/c1-11(16)12-4-2-6-18(9-12)10-13-8-15(20-17-13)14-5-3-7-19-14;/h3,5,7-8,11-12H,2,4,6,9-10,16H2,1H3;1H. The Kier molecular flexibility index (Phi) is 5.45. The summed E-state index contributed by atoms with van der Waals surface area (Å²) in [6, 6.07) is 5.93. The van der Waals surface area contributed by atoms with Crippen molar-refractivity contribution in [2.24, 2.45) is 11.7 Å². The van der Waals surface area contributed by atoms with Gasteiger partial charge in [0.05, 0.1) is 12.0 Å². The van der Waals surface area contributed by atoms with Crippen LogP contribution in [0.25, 0.3) is 11.5 Å². The van der Waals surface area contributed by atoms with Crippen molar-refractivity contribution < 1.29 is 8.94 Å². The summed E-state index contributed by atoms with van der Waals surface area (Å²) < 4.78 is 10.6. The van der Waals surface area contributed by atoms with Crippen molar-refractivity contribution in [1.29, 1.82) is 0 Å². The molecule has 2 aromatic rings. The van der Waals surface area contributed by atoms with Gasteiger partial charge < -0.3 is 14.7 Å². The lowest BCUT2D eigenvalue weighted by Gasteiger charge is -2.34. The quantitative estimate of drug-likeness (QED) is 0.940. The lowest BCUT2D eigenvalue weighted by molar-refractivity contribution is 0.151. The summed E-state index contributed by atoms with van der Waals surface area (Å²) >= 11 is 0. The number of likely N-dealkylation sites (tertiary alicyclic amines) is 1. The summed E-state index contributed by atoms with van der Waals surface area (Å²) in [6.07, 6.45) is 4.06. The van der Waals surface area contributed by atoms with E-state index in [0.29, 0.717) is 11.7 Å². The molecule has 1 fully saturated rings. The molecule has 2 aromatic heterocycles. The Morgan fingerprint density at radius 2 is 2.33 bits per heavy atom. The van der Waals surface area contributed by atoms with Crippen LogP contribution >= 0.6 is 12.4 Å². The summed E-state index contributed by atoms with van der Waals surface area (Å²) in [5, 5.41) is 4.13. The first-order valence-electron chi connectivity index (χ1n) is 7.20. The van der Waals surface area contributed by atoms with Crippen molar-refractivity contribution in [3.05, 3.63) is 30.2 Å². The summed E-state index contributed by atoms with van der Waals surface area (Å²) in [6.45, 7) is 5.06.